The van der Waals surface area contributed by atoms with E-state index in [9.17, 15) is 4.79 Å². The zero-order valence-corrected chi connectivity index (χ0v) is 15.8. The summed E-state index contributed by atoms with van der Waals surface area (Å²) in [5.41, 5.74) is 0.819. The molecule has 0 aliphatic carbocycles. The molecule has 0 fully saturated rings. The van der Waals surface area contributed by atoms with E-state index in [1.54, 1.807) is 12.1 Å². The Kier molecular flexibility index (Phi) is 5.57. The second-order valence-electron chi connectivity index (χ2n) is 4.85. The Bertz CT molecular complexity index is 901. The van der Waals surface area contributed by atoms with E-state index in [2.05, 4.69) is 36.4 Å². The first-order valence-electron chi connectivity index (χ1n) is 7.04. The first-order valence-corrected chi connectivity index (χ1v) is 9.20. The highest BCUT2D eigenvalue weighted by Crippen LogP contribution is 2.27. The molecule has 0 aliphatic heterocycles. The topological polar surface area (TPSA) is 98.7 Å². The highest BCUT2D eigenvalue weighted by Gasteiger charge is 2.15. The van der Waals surface area contributed by atoms with E-state index in [4.69, 9.17) is 17.4 Å². The van der Waals surface area contributed by atoms with E-state index in [-0.39, 0.29) is 11.7 Å². The second kappa shape index (κ2) is 7.85. The molecule has 0 atom stereocenters. The molecule has 10 heteroatoms. The Morgan fingerprint density at radius 3 is 2.80 bits per heavy atom. The van der Waals surface area contributed by atoms with Crippen LogP contribution in [0.4, 0.5) is 5.82 Å². The molecule has 0 radical (unpaired) electrons. The number of benzene rings is 1. The largest absolute Gasteiger partial charge is 0.335 e. The molecule has 0 spiro atoms. The maximum absolute atomic E-state index is 12.0. The summed E-state index contributed by atoms with van der Waals surface area (Å²) in [7, 11) is 0. The lowest BCUT2D eigenvalue weighted by Gasteiger charge is -2.06. The van der Waals surface area contributed by atoms with E-state index >= 15 is 0 Å². The molecule has 0 unspecified atom stereocenters. The highest BCUT2D eigenvalue weighted by atomic mass is 79.9. The lowest BCUT2D eigenvalue weighted by Crippen LogP contribution is -2.17. The van der Waals surface area contributed by atoms with Crippen LogP contribution in [0.5, 0.6) is 0 Å². The number of amides is 1. The van der Waals surface area contributed by atoms with Gasteiger partial charge in [-0.25, -0.2) is 9.66 Å². The third-order valence-corrected chi connectivity index (χ3v) is 4.96. The minimum absolute atomic E-state index is 0.121. The molecule has 3 aromatic rings. The molecule has 2 aromatic heterocycles. The molecular formula is C15H12BrClN6OS. The third-order valence-electron chi connectivity index (χ3n) is 3.11. The molecule has 7 nitrogen and oxygen atoms in total. The van der Waals surface area contributed by atoms with Crippen LogP contribution in [-0.2, 0) is 4.79 Å². The van der Waals surface area contributed by atoms with Gasteiger partial charge in [-0.3, -0.25) is 4.79 Å². The molecule has 25 heavy (non-hydrogen) atoms. The van der Waals surface area contributed by atoms with Gasteiger partial charge in [0, 0.05) is 16.2 Å². The van der Waals surface area contributed by atoms with Crippen LogP contribution in [0.25, 0.3) is 11.4 Å². The predicted octanol–water partition coefficient (Wildman–Crippen LogP) is 3.20. The minimum Gasteiger partial charge on any atom is -0.335 e. The van der Waals surface area contributed by atoms with Crippen molar-refractivity contribution >= 4 is 51.0 Å². The first kappa shape index (κ1) is 17.7. The van der Waals surface area contributed by atoms with Crippen LogP contribution in [0.1, 0.15) is 0 Å². The number of carbonyl (C=O) groups is 1. The molecule has 0 bridgehead atoms. The van der Waals surface area contributed by atoms with Crippen LogP contribution in [0, 0.1) is 0 Å². The number of nitrogens with two attached hydrogens (primary N) is 1. The van der Waals surface area contributed by atoms with E-state index in [1.165, 1.54) is 22.6 Å². The monoisotopic (exact) mass is 438 g/mol. The van der Waals surface area contributed by atoms with E-state index < -0.39 is 0 Å². The quantitative estimate of drug-likeness (QED) is 0.468. The number of nitrogen functional groups attached to an aromatic ring is 1. The van der Waals surface area contributed by atoms with Gasteiger partial charge in [0.05, 0.1) is 10.8 Å². The zero-order valence-electron chi connectivity index (χ0n) is 12.7. The normalized spacial score (nSPS) is 10.6. The Labute approximate surface area is 161 Å². The number of anilines is 1. The van der Waals surface area contributed by atoms with Crippen LogP contribution >= 0.6 is 39.3 Å². The van der Waals surface area contributed by atoms with Gasteiger partial charge in [-0.15, -0.1) is 10.2 Å². The fourth-order valence-corrected chi connectivity index (χ4v) is 3.19. The van der Waals surface area contributed by atoms with Crippen molar-refractivity contribution in [2.75, 3.05) is 16.9 Å². The van der Waals surface area contributed by atoms with Crippen molar-refractivity contribution < 1.29 is 4.79 Å². The minimum atomic E-state index is -0.231. The fourth-order valence-electron chi connectivity index (χ4n) is 1.96. The van der Waals surface area contributed by atoms with Crippen LogP contribution < -0.4 is 11.2 Å². The maximum atomic E-state index is 12.0. The number of hydrogen-bond donors (Lipinski definition) is 2. The number of pyridine rings is 1. The van der Waals surface area contributed by atoms with Crippen molar-refractivity contribution in [3.05, 3.63) is 52.1 Å². The van der Waals surface area contributed by atoms with Gasteiger partial charge in [0.15, 0.2) is 5.82 Å². The molecule has 1 aromatic carbocycles. The van der Waals surface area contributed by atoms with Gasteiger partial charge in [-0.2, -0.15) is 0 Å². The number of rotatable bonds is 5. The fraction of sp³-hybridized carbons (Fsp3) is 0.0667. The highest BCUT2D eigenvalue weighted by molar-refractivity contribution is 9.10. The Morgan fingerprint density at radius 1 is 1.28 bits per heavy atom. The van der Waals surface area contributed by atoms with E-state index in [1.807, 2.05) is 24.3 Å². The van der Waals surface area contributed by atoms with Gasteiger partial charge in [0.2, 0.25) is 11.1 Å². The molecular weight excluding hydrogens is 428 g/mol. The molecule has 3 rings (SSSR count). The van der Waals surface area contributed by atoms with Crippen LogP contribution in [0.2, 0.25) is 5.02 Å². The van der Waals surface area contributed by atoms with Crippen molar-refractivity contribution in [1.29, 1.82) is 0 Å². The number of halogens is 2. The Hall–Kier alpha value is -2.10. The first-order chi connectivity index (χ1) is 12.0. The molecule has 128 valence electrons. The van der Waals surface area contributed by atoms with Gasteiger partial charge in [-0.1, -0.05) is 51.4 Å². The van der Waals surface area contributed by atoms with Gasteiger partial charge < -0.3 is 11.2 Å². The summed E-state index contributed by atoms with van der Waals surface area (Å²) in [6, 6.07) is 10.8. The lowest BCUT2D eigenvalue weighted by atomic mass is 10.2. The summed E-state index contributed by atoms with van der Waals surface area (Å²) in [6.45, 7) is 0. The van der Waals surface area contributed by atoms with Crippen molar-refractivity contribution in [2.24, 2.45) is 0 Å². The molecule has 0 aliphatic rings. The van der Waals surface area contributed by atoms with Crippen molar-refractivity contribution in [3.63, 3.8) is 0 Å². The van der Waals surface area contributed by atoms with Gasteiger partial charge in [-0.05, 0) is 24.3 Å². The van der Waals surface area contributed by atoms with Crippen molar-refractivity contribution in [1.82, 2.24) is 19.9 Å². The van der Waals surface area contributed by atoms with E-state index in [0.717, 1.165) is 10.0 Å². The molecule has 1 amide bonds. The number of aromatic nitrogens is 4. The van der Waals surface area contributed by atoms with Crippen LogP contribution in [0.15, 0.2) is 52.2 Å². The maximum Gasteiger partial charge on any atom is 0.236 e. The number of hydrogen-bond acceptors (Lipinski definition) is 6. The van der Waals surface area contributed by atoms with Crippen molar-refractivity contribution in [2.45, 2.75) is 5.16 Å². The average Bonchev–Trinajstić information content (AvgIpc) is 2.96. The standard InChI is InChI=1S/C15H12BrClN6OS/c16-11-4-2-1-3-10(11)14-21-22-15(23(14)18)25-8-13(24)20-12-6-5-9(17)7-19-12/h1-7H,8,18H2,(H,19,20,24). The van der Waals surface area contributed by atoms with Gasteiger partial charge in [0.25, 0.3) is 0 Å². The zero-order chi connectivity index (χ0) is 17.8. The van der Waals surface area contributed by atoms with Crippen molar-refractivity contribution in [3.8, 4) is 11.4 Å². The summed E-state index contributed by atoms with van der Waals surface area (Å²) in [4.78, 5) is 16.0. The Morgan fingerprint density at radius 2 is 2.08 bits per heavy atom. The molecule has 2 heterocycles. The van der Waals surface area contributed by atoms with Gasteiger partial charge >= 0.3 is 0 Å². The SMILES string of the molecule is Nn1c(SCC(=O)Nc2ccc(Cl)cn2)nnc1-c1ccccc1Br. The van der Waals surface area contributed by atoms with Crippen LogP contribution in [0.3, 0.4) is 0 Å². The molecule has 3 N–H and O–H groups in total. The second-order valence-corrected chi connectivity index (χ2v) is 7.09. The Balaban J connectivity index is 1.65. The number of nitrogens with one attached hydrogen (secondary N) is 1. The van der Waals surface area contributed by atoms with Gasteiger partial charge in [0.1, 0.15) is 5.82 Å². The summed E-state index contributed by atoms with van der Waals surface area (Å²) < 4.78 is 2.22. The molecule has 0 saturated heterocycles. The number of carbonyl (C=O) groups excluding carboxylic acids is 1. The van der Waals surface area contributed by atoms with E-state index in [0.29, 0.717) is 21.8 Å². The summed E-state index contributed by atoms with van der Waals surface area (Å²) in [5, 5.41) is 11.7. The summed E-state index contributed by atoms with van der Waals surface area (Å²) in [6.07, 6.45) is 1.46. The summed E-state index contributed by atoms with van der Waals surface area (Å²) >= 11 is 10.4. The number of thioether (sulfide) groups is 1. The smallest absolute Gasteiger partial charge is 0.236 e. The lowest BCUT2D eigenvalue weighted by molar-refractivity contribution is -0.113. The number of nitrogens with zero attached hydrogens (tertiary/aromatic N) is 4. The predicted molar refractivity (Wildman–Crippen MR) is 102 cm³/mol. The summed E-state index contributed by atoms with van der Waals surface area (Å²) in [5.74, 6) is 6.88. The average molecular weight is 440 g/mol. The van der Waals surface area contributed by atoms with Crippen LogP contribution in [-0.4, -0.2) is 31.5 Å². The third kappa shape index (κ3) is 4.30. The molecule has 0 saturated carbocycles.